The van der Waals surface area contributed by atoms with Gasteiger partial charge in [-0.1, -0.05) is 41.7 Å². The summed E-state index contributed by atoms with van der Waals surface area (Å²) < 4.78 is 16.9. The van der Waals surface area contributed by atoms with Gasteiger partial charge in [-0.3, -0.25) is 0 Å². The van der Waals surface area contributed by atoms with Crippen molar-refractivity contribution in [3.8, 4) is 28.6 Å². The summed E-state index contributed by atoms with van der Waals surface area (Å²) in [5.41, 5.74) is 2.58. The fraction of sp³-hybridized carbons (Fsp3) is 0.208. The van der Waals surface area contributed by atoms with Gasteiger partial charge in [0.15, 0.2) is 11.7 Å². The van der Waals surface area contributed by atoms with Crippen LogP contribution in [0.25, 0.3) is 22.2 Å². The van der Waals surface area contributed by atoms with Crippen LogP contribution < -0.4 is 9.47 Å². The molecule has 0 fully saturated rings. The molecule has 4 rings (SSSR count). The Morgan fingerprint density at radius 3 is 2.61 bits per heavy atom. The summed E-state index contributed by atoms with van der Waals surface area (Å²) in [5.74, 6) is 0.205. The minimum Gasteiger partial charge on any atom is -0.479 e. The maximum atomic E-state index is 11.2. The van der Waals surface area contributed by atoms with Gasteiger partial charge in [0.2, 0.25) is 5.88 Å². The van der Waals surface area contributed by atoms with Crippen LogP contribution >= 0.6 is 23.2 Å². The normalized spacial score (nSPS) is 12.0. The van der Waals surface area contributed by atoms with Crippen molar-refractivity contribution in [2.45, 2.75) is 32.8 Å². The van der Waals surface area contributed by atoms with Gasteiger partial charge >= 0.3 is 5.97 Å². The Labute approximate surface area is 199 Å². The average molecular weight is 487 g/mol. The first kappa shape index (κ1) is 22.9. The molecule has 2 aromatic carbocycles. The Balaban J connectivity index is 1.73. The van der Waals surface area contributed by atoms with Crippen molar-refractivity contribution in [3.63, 3.8) is 0 Å². The number of carbonyl (C=O) groups is 1. The minimum absolute atomic E-state index is 0.233. The first-order valence-corrected chi connectivity index (χ1v) is 11.0. The second-order valence-corrected chi connectivity index (χ2v) is 8.20. The fourth-order valence-corrected chi connectivity index (χ4v) is 3.59. The van der Waals surface area contributed by atoms with Crippen molar-refractivity contribution >= 4 is 40.1 Å². The molecule has 0 amide bonds. The highest BCUT2D eigenvalue weighted by Crippen LogP contribution is 2.37. The van der Waals surface area contributed by atoms with Gasteiger partial charge < -0.3 is 19.1 Å². The lowest BCUT2D eigenvalue weighted by Crippen LogP contribution is -2.22. The zero-order chi connectivity index (χ0) is 23.5. The summed E-state index contributed by atoms with van der Waals surface area (Å²) in [6.45, 7) is 3.48. The molecule has 0 aliphatic heterocycles. The van der Waals surface area contributed by atoms with Gasteiger partial charge in [-0.2, -0.15) is 0 Å². The molecule has 0 aliphatic carbocycles. The molecule has 33 heavy (non-hydrogen) atoms. The van der Waals surface area contributed by atoms with E-state index in [1.807, 2.05) is 6.07 Å². The summed E-state index contributed by atoms with van der Waals surface area (Å²) in [4.78, 5) is 15.9. The van der Waals surface area contributed by atoms with Crippen LogP contribution in [0.5, 0.6) is 17.4 Å². The number of fused-ring (bicyclic) bond motifs is 1. The zero-order valence-corrected chi connectivity index (χ0v) is 19.4. The van der Waals surface area contributed by atoms with Crippen LogP contribution in [0.1, 0.15) is 26.0 Å². The molecule has 170 valence electrons. The number of pyridine rings is 1. The van der Waals surface area contributed by atoms with Crippen molar-refractivity contribution < 1.29 is 23.9 Å². The topological polar surface area (TPSA) is 94.7 Å². The smallest absolute Gasteiger partial charge is 0.344 e. The van der Waals surface area contributed by atoms with Crippen LogP contribution in [0.3, 0.4) is 0 Å². The number of aryl methyl sites for hydroxylation is 1. The van der Waals surface area contributed by atoms with E-state index >= 15 is 0 Å². The summed E-state index contributed by atoms with van der Waals surface area (Å²) in [6.07, 6.45) is 0.482. The van der Waals surface area contributed by atoms with Gasteiger partial charge in [0.1, 0.15) is 17.2 Å². The maximum absolute atomic E-state index is 11.2. The van der Waals surface area contributed by atoms with Gasteiger partial charge in [0, 0.05) is 22.7 Å². The number of benzene rings is 2. The fourth-order valence-electron chi connectivity index (χ4n) is 3.27. The third-order valence-electron chi connectivity index (χ3n) is 4.90. The van der Waals surface area contributed by atoms with Crippen LogP contribution in [0, 0.1) is 0 Å². The van der Waals surface area contributed by atoms with E-state index in [0.717, 1.165) is 17.7 Å². The lowest BCUT2D eigenvalue weighted by Gasteiger charge is -2.12. The number of rotatable bonds is 8. The number of aromatic nitrogens is 2. The molecule has 9 heteroatoms. The third kappa shape index (κ3) is 5.05. The van der Waals surface area contributed by atoms with Crippen molar-refractivity contribution in [1.82, 2.24) is 10.1 Å². The van der Waals surface area contributed by atoms with Crippen LogP contribution in [0.15, 0.2) is 53.1 Å². The van der Waals surface area contributed by atoms with Gasteiger partial charge in [0.05, 0.1) is 16.1 Å². The van der Waals surface area contributed by atoms with Crippen LogP contribution in [-0.4, -0.2) is 27.3 Å². The molecule has 7 nitrogen and oxygen atoms in total. The third-order valence-corrected chi connectivity index (χ3v) is 5.45. The van der Waals surface area contributed by atoms with Crippen molar-refractivity contribution in [3.05, 3.63) is 64.3 Å². The molecule has 1 N–H and O–H groups in total. The second kappa shape index (κ2) is 9.68. The molecular weight excluding hydrogens is 467 g/mol. The van der Waals surface area contributed by atoms with E-state index in [-0.39, 0.29) is 10.8 Å². The highest BCUT2D eigenvalue weighted by Gasteiger charge is 2.20. The SMILES string of the molecule is CCCc1nc(Oc2ccc(Cl)cc2)ccc1-c1noc2cc(Cl)c(OC(C)C(=O)O)cc12. The van der Waals surface area contributed by atoms with E-state index in [9.17, 15) is 4.79 Å². The van der Waals surface area contributed by atoms with Gasteiger partial charge in [-0.15, -0.1) is 0 Å². The Morgan fingerprint density at radius 2 is 1.91 bits per heavy atom. The Morgan fingerprint density at radius 1 is 1.15 bits per heavy atom. The number of aliphatic carboxylic acids is 1. The maximum Gasteiger partial charge on any atom is 0.344 e. The number of nitrogens with zero attached hydrogens (tertiary/aromatic N) is 2. The Kier molecular flexibility index (Phi) is 6.72. The second-order valence-electron chi connectivity index (χ2n) is 7.36. The number of hydrogen-bond donors (Lipinski definition) is 1. The molecule has 4 aromatic rings. The van der Waals surface area contributed by atoms with E-state index in [0.29, 0.717) is 39.7 Å². The van der Waals surface area contributed by atoms with E-state index in [4.69, 9.17) is 42.3 Å². The molecule has 0 aliphatic rings. The summed E-state index contributed by atoms with van der Waals surface area (Å²) in [7, 11) is 0. The first-order chi connectivity index (χ1) is 15.9. The highest BCUT2D eigenvalue weighted by atomic mass is 35.5. The van der Waals surface area contributed by atoms with Crippen LogP contribution in [0.2, 0.25) is 10.0 Å². The quantitative estimate of drug-likeness (QED) is 0.292. The number of halogens is 2. The lowest BCUT2D eigenvalue weighted by atomic mass is 10.0. The van der Waals surface area contributed by atoms with Crippen LogP contribution in [-0.2, 0) is 11.2 Å². The average Bonchev–Trinajstić information content (AvgIpc) is 3.18. The number of hydrogen-bond acceptors (Lipinski definition) is 6. The standard InChI is InChI=1S/C24H20Cl2N2O5/c1-3-4-19-16(9-10-22(27-19)32-15-7-5-14(25)6-8-15)23-17-11-21(31-13(2)24(29)30)18(26)12-20(17)33-28-23/h5-13H,3-4H2,1-2H3,(H,29,30). The molecule has 1 atom stereocenters. The molecule has 0 saturated carbocycles. The number of carboxylic acid groups (broad SMARTS) is 1. The first-order valence-electron chi connectivity index (χ1n) is 10.3. The van der Waals surface area contributed by atoms with E-state index < -0.39 is 12.1 Å². The van der Waals surface area contributed by atoms with Crippen molar-refractivity contribution in [1.29, 1.82) is 0 Å². The highest BCUT2D eigenvalue weighted by molar-refractivity contribution is 6.33. The summed E-state index contributed by atoms with van der Waals surface area (Å²) in [6, 6.07) is 13.8. The van der Waals surface area contributed by atoms with E-state index in [2.05, 4.69) is 17.1 Å². The summed E-state index contributed by atoms with van der Waals surface area (Å²) >= 11 is 12.2. The number of carboxylic acids is 1. The van der Waals surface area contributed by atoms with Crippen LogP contribution in [0.4, 0.5) is 0 Å². The molecule has 0 saturated heterocycles. The van der Waals surface area contributed by atoms with Gasteiger partial charge in [-0.25, -0.2) is 9.78 Å². The molecule has 1 unspecified atom stereocenters. The Hall–Kier alpha value is -3.29. The van der Waals surface area contributed by atoms with Gasteiger partial charge in [0.25, 0.3) is 0 Å². The van der Waals surface area contributed by atoms with Crippen molar-refractivity contribution in [2.24, 2.45) is 0 Å². The van der Waals surface area contributed by atoms with E-state index in [1.165, 1.54) is 6.92 Å². The molecule has 2 heterocycles. The molecular formula is C24H20Cl2N2O5. The lowest BCUT2D eigenvalue weighted by molar-refractivity contribution is -0.144. The molecule has 0 spiro atoms. The Bertz CT molecular complexity index is 1300. The molecule has 0 bridgehead atoms. The number of ether oxygens (including phenoxy) is 2. The van der Waals surface area contributed by atoms with Gasteiger partial charge in [-0.05, 0) is 49.7 Å². The van der Waals surface area contributed by atoms with E-state index in [1.54, 1.807) is 42.5 Å². The predicted molar refractivity (Wildman–Crippen MR) is 125 cm³/mol. The summed E-state index contributed by atoms with van der Waals surface area (Å²) in [5, 5.41) is 14.9. The predicted octanol–water partition coefficient (Wildman–Crippen LogP) is 6.79. The minimum atomic E-state index is -1.09. The largest absolute Gasteiger partial charge is 0.479 e. The zero-order valence-electron chi connectivity index (χ0n) is 17.8. The molecule has 2 aromatic heterocycles. The monoisotopic (exact) mass is 486 g/mol. The molecule has 0 radical (unpaired) electrons. The van der Waals surface area contributed by atoms with Crippen molar-refractivity contribution in [2.75, 3.05) is 0 Å².